The van der Waals surface area contributed by atoms with Crippen LogP contribution in [0.25, 0.3) is 0 Å². The standard InChI is InChI=1S/C17H18N2O3/c1-21-13-5-4-12-7-11(10-22-16(12)9-13)8-15-14(17(18)20)3-2-6-19-15/h2-6,9,11H,7-8,10H2,1H3,(H2,18,20). The molecule has 1 aliphatic rings. The first kappa shape index (κ1) is 14.4. The van der Waals surface area contributed by atoms with Crippen molar-refractivity contribution in [2.45, 2.75) is 12.8 Å². The lowest BCUT2D eigenvalue weighted by molar-refractivity contribution is 0.0998. The molecule has 2 heterocycles. The number of nitrogens with two attached hydrogens (primary N) is 1. The molecular weight excluding hydrogens is 280 g/mol. The van der Waals surface area contributed by atoms with Crippen LogP contribution >= 0.6 is 0 Å². The predicted octanol–water partition coefficient (Wildman–Crippen LogP) is 1.98. The number of aromatic nitrogens is 1. The Morgan fingerprint density at radius 2 is 2.32 bits per heavy atom. The van der Waals surface area contributed by atoms with Gasteiger partial charge in [0.2, 0.25) is 0 Å². The van der Waals surface area contributed by atoms with Gasteiger partial charge in [0.15, 0.2) is 0 Å². The monoisotopic (exact) mass is 298 g/mol. The molecule has 1 atom stereocenters. The fourth-order valence-electron chi connectivity index (χ4n) is 2.77. The van der Waals surface area contributed by atoms with Crippen LogP contribution in [0.3, 0.4) is 0 Å². The van der Waals surface area contributed by atoms with Gasteiger partial charge in [0.1, 0.15) is 11.5 Å². The normalized spacial score (nSPS) is 16.5. The van der Waals surface area contributed by atoms with Crippen LogP contribution in [0.15, 0.2) is 36.5 Å². The number of ether oxygens (including phenoxy) is 2. The zero-order chi connectivity index (χ0) is 15.5. The second-order valence-electron chi connectivity index (χ2n) is 5.42. The van der Waals surface area contributed by atoms with E-state index in [4.69, 9.17) is 15.2 Å². The van der Waals surface area contributed by atoms with Crippen LogP contribution in [-0.2, 0) is 12.8 Å². The summed E-state index contributed by atoms with van der Waals surface area (Å²) in [5, 5.41) is 0. The summed E-state index contributed by atoms with van der Waals surface area (Å²) in [6.45, 7) is 0.592. The first-order chi connectivity index (χ1) is 10.7. The molecule has 0 fully saturated rings. The quantitative estimate of drug-likeness (QED) is 0.936. The van der Waals surface area contributed by atoms with E-state index in [-0.39, 0.29) is 5.92 Å². The zero-order valence-corrected chi connectivity index (χ0v) is 12.4. The molecule has 1 aliphatic heterocycles. The molecule has 0 bridgehead atoms. The van der Waals surface area contributed by atoms with Crippen LogP contribution in [0.4, 0.5) is 0 Å². The SMILES string of the molecule is COc1ccc2c(c1)OCC(Cc1ncccc1C(N)=O)C2. The van der Waals surface area contributed by atoms with Crippen molar-refractivity contribution < 1.29 is 14.3 Å². The van der Waals surface area contributed by atoms with Gasteiger partial charge in [0.05, 0.1) is 25.0 Å². The summed E-state index contributed by atoms with van der Waals surface area (Å²) in [4.78, 5) is 15.8. The van der Waals surface area contributed by atoms with E-state index in [0.717, 1.165) is 29.2 Å². The number of hydrogen-bond donors (Lipinski definition) is 1. The second-order valence-corrected chi connectivity index (χ2v) is 5.42. The summed E-state index contributed by atoms with van der Waals surface area (Å²) in [6.07, 6.45) is 3.24. The van der Waals surface area contributed by atoms with Crippen molar-refractivity contribution in [3.05, 3.63) is 53.3 Å². The van der Waals surface area contributed by atoms with Gasteiger partial charge in [0.25, 0.3) is 5.91 Å². The van der Waals surface area contributed by atoms with Crippen LogP contribution < -0.4 is 15.2 Å². The number of pyridine rings is 1. The van der Waals surface area contributed by atoms with E-state index in [1.54, 1.807) is 25.4 Å². The van der Waals surface area contributed by atoms with Crippen LogP contribution in [-0.4, -0.2) is 24.6 Å². The largest absolute Gasteiger partial charge is 0.497 e. The number of hydrogen-bond acceptors (Lipinski definition) is 4. The minimum Gasteiger partial charge on any atom is -0.497 e. The van der Waals surface area contributed by atoms with Gasteiger partial charge in [-0.25, -0.2) is 0 Å². The lowest BCUT2D eigenvalue weighted by Crippen LogP contribution is -2.25. The fourth-order valence-corrected chi connectivity index (χ4v) is 2.77. The number of nitrogens with zero attached hydrogens (tertiary/aromatic N) is 1. The summed E-state index contributed by atoms with van der Waals surface area (Å²) in [6, 6.07) is 9.30. The van der Waals surface area contributed by atoms with E-state index in [1.165, 1.54) is 0 Å². The van der Waals surface area contributed by atoms with Gasteiger partial charge in [-0.3, -0.25) is 9.78 Å². The number of rotatable bonds is 4. The Hall–Kier alpha value is -2.56. The second kappa shape index (κ2) is 6.05. The molecule has 114 valence electrons. The Labute approximate surface area is 129 Å². The molecule has 1 aromatic carbocycles. The lowest BCUT2D eigenvalue weighted by atomic mass is 9.91. The molecule has 0 saturated carbocycles. The third kappa shape index (κ3) is 2.88. The Kier molecular flexibility index (Phi) is 3.96. The van der Waals surface area contributed by atoms with Crippen molar-refractivity contribution in [1.82, 2.24) is 4.98 Å². The summed E-state index contributed by atoms with van der Waals surface area (Å²) >= 11 is 0. The summed E-state index contributed by atoms with van der Waals surface area (Å²) in [7, 11) is 1.64. The molecule has 0 saturated heterocycles. The number of carbonyl (C=O) groups is 1. The number of carbonyl (C=O) groups excluding carboxylic acids is 1. The summed E-state index contributed by atoms with van der Waals surface area (Å²) in [5.41, 5.74) is 7.78. The summed E-state index contributed by atoms with van der Waals surface area (Å²) < 4.78 is 11.0. The van der Waals surface area contributed by atoms with Crippen molar-refractivity contribution in [3.63, 3.8) is 0 Å². The van der Waals surface area contributed by atoms with Gasteiger partial charge in [0, 0.05) is 18.2 Å². The number of primary amides is 1. The molecule has 3 rings (SSSR count). The van der Waals surface area contributed by atoms with Gasteiger partial charge < -0.3 is 15.2 Å². The maximum absolute atomic E-state index is 11.5. The first-order valence-corrected chi connectivity index (χ1v) is 7.21. The van der Waals surface area contributed by atoms with Crippen LogP contribution in [0.5, 0.6) is 11.5 Å². The lowest BCUT2D eigenvalue weighted by Gasteiger charge is -2.25. The van der Waals surface area contributed by atoms with Gasteiger partial charge >= 0.3 is 0 Å². The maximum Gasteiger partial charge on any atom is 0.250 e. The minimum atomic E-state index is -0.440. The Morgan fingerprint density at radius 3 is 3.09 bits per heavy atom. The topological polar surface area (TPSA) is 74.4 Å². The third-order valence-electron chi connectivity index (χ3n) is 3.90. The predicted molar refractivity (Wildman–Crippen MR) is 82.1 cm³/mol. The molecule has 0 spiro atoms. The number of benzene rings is 1. The highest BCUT2D eigenvalue weighted by Crippen LogP contribution is 2.32. The zero-order valence-electron chi connectivity index (χ0n) is 12.4. The molecule has 1 unspecified atom stereocenters. The molecule has 2 aromatic rings. The molecule has 2 N–H and O–H groups in total. The molecule has 0 radical (unpaired) electrons. The highest BCUT2D eigenvalue weighted by molar-refractivity contribution is 5.93. The van der Waals surface area contributed by atoms with Crippen LogP contribution in [0.2, 0.25) is 0 Å². The fraction of sp³-hybridized carbons (Fsp3) is 0.294. The Bertz CT molecular complexity index is 700. The van der Waals surface area contributed by atoms with E-state index in [9.17, 15) is 4.79 Å². The average molecular weight is 298 g/mol. The van der Waals surface area contributed by atoms with E-state index in [0.29, 0.717) is 18.6 Å². The Balaban J connectivity index is 1.77. The van der Waals surface area contributed by atoms with Crippen molar-refractivity contribution in [1.29, 1.82) is 0 Å². The third-order valence-corrected chi connectivity index (χ3v) is 3.90. The highest BCUT2D eigenvalue weighted by Gasteiger charge is 2.22. The van der Waals surface area contributed by atoms with Crippen molar-refractivity contribution in [2.24, 2.45) is 11.7 Å². The molecule has 5 nitrogen and oxygen atoms in total. The van der Waals surface area contributed by atoms with Gasteiger partial charge in [-0.2, -0.15) is 0 Å². The van der Waals surface area contributed by atoms with Crippen molar-refractivity contribution >= 4 is 5.91 Å². The van der Waals surface area contributed by atoms with E-state index < -0.39 is 5.91 Å². The smallest absolute Gasteiger partial charge is 0.250 e. The maximum atomic E-state index is 11.5. The van der Waals surface area contributed by atoms with Crippen molar-refractivity contribution in [3.8, 4) is 11.5 Å². The van der Waals surface area contributed by atoms with E-state index in [2.05, 4.69) is 4.98 Å². The van der Waals surface area contributed by atoms with Gasteiger partial charge in [-0.1, -0.05) is 6.07 Å². The minimum absolute atomic E-state index is 0.272. The van der Waals surface area contributed by atoms with E-state index in [1.807, 2.05) is 18.2 Å². The molecular formula is C17H18N2O3. The molecule has 1 amide bonds. The number of amides is 1. The molecule has 0 aliphatic carbocycles. The Morgan fingerprint density at radius 1 is 1.45 bits per heavy atom. The van der Waals surface area contributed by atoms with Crippen LogP contribution in [0, 0.1) is 5.92 Å². The molecule has 1 aromatic heterocycles. The number of methoxy groups -OCH3 is 1. The molecule has 5 heteroatoms. The van der Waals surface area contributed by atoms with Gasteiger partial charge in [-0.05, 0) is 36.6 Å². The van der Waals surface area contributed by atoms with Crippen molar-refractivity contribution in [2.75, 3.05) is 13.7 Å². The average Bonchev–Trinajstić information content (AvgIpc) is 2.54. The highest BCUT2D eigenvalue weighted by atomic mass is 16.5. The van der Waals surface area contributed by atoms with Gasteiger partial charge in [-0.15, -0.1) is 0 Å². The van der Waals surface area contributed by atoms with Crippen LogP contribution in [0.1, 0.15) is 21.6 Å². The number of fused-ring (bicyclic) bond motifs is 1. The molecule has 22 heavy (non-hydrogen) atoms. The van der Waals surface area contributed by atoms with E-state index >= 15 is 0 Å². The summed E-state index contributed by atoms with van der Waals surface area (Å²) in [5.74, 6) is 1.49. The first-order valence-electron chi connectivity index (χ1n) is 7.21.